The van der Waals surface area contributed by atoms with Crippen LogP contribution in [0.25, 0.3) is 0 Å². The summed E-state index contributed by atoms with van der Waals surface area (Å²) in [6.07, 6.45) is -3.31. The molecule has 0 bridgehead atoms. The summed E-state index contributed by atoms with van der Waals surface area (Å²) < 4.78 is 134. The first kappa shape index (κ1) is 68.8. The number of sulfone groups is 2. The molecule has 5 N–H and O–H groups in total. The number of hydrogen-bond donors (Lipinski definition) is 3. The van der Waals surface area contributed by atoms with Gasteiger partial charge in [0.2, 0.25) is 0 Å². The number of hydrogen-bond acceptors (Lipinski definition) is 22. The van der Waals surface area contributed by atoms with Crippen LogP contribution in [0.1, 0.15) is 11.1 Å². The minimum absolute atomic E-state index is 0.0199. The van der Waals surface area contributed by atoms with Crippen LogP contribution in [0.4, 0.5) is 24.0 Å². The number of ether oxygens (including phenoxy) is 4. The van der Waals surface area contributed by atoms with Crippen molar-refractivity contribution in [3.05, 3.63) is 130 Å². The number of amides is 6. The van der Waals surface area contributed by atoms with E-state index in [1.165, 1.54) is 116 Å². The molecule has 460 valence electrons. The van der Waals surface area contributed by atoms with E-state index >= 15 is 0 Å². The molecule has 6 amide bonds. The number of primary amides is 2. The molecule has 2 unspecified atom stereocenters. The molecular formula is C49H66Cl2N6O22P2S2. The third-order valence-electron chi connectivity index (χ3n) is 10.3. The quantitative estimate of drug-likeness (QED) is 0.0314. The van der Waals surface area contributed by atoms with Crippen molar-refractivity contribution < 1.29 is 104 Å². The Morgan fingerprint density at radius 2 is 1.05 bits per heavy atom. The second-order valence-electron chi connectivity index (χ2n) is 16.4. The van der Waals surface area contributed by atoms with Gasteiger partial charge in [-0.2, -0.15) is 0 Å². The highest BCUT2D eigenvalue weighted by atomic mass is 35.5. The summed E-state index contributed by atoms with van der Waals surface area (Å²) in [7, 11) is -6.05. The smallest absolute Gasteiger partial charge is 0.448 e. The lowest BCUT2D eigenvalue weighted by Crippen LogP contribution is -2.38. The number of rotatable bonds is 26. The van der Waals surface area contributed by atoms with Crippen molar-refractivity contribution in [2.75, 3.05) is 107 Å². The molecule has 1 saturated heterocycles. The average Bonchev–Trinajstić information content (AvgIpc) is 4.02. The minimum atomic E-state index is -4.06. The number of benzene rings is 4. The largest absolute Gasteiger partial charge is 0.529 e. The van der Waals surface area contributed by atoms with E-state index in [2.05, 4.69) is 15.8 Å². The summed E-state index contributed by atoms with van der Waals surface area (Å²) in [4.78, 5) is 63.0. The molecule has 4 aromatic rings. The topological polar surface area (TPSA) is 365 Å². The van der Waals surface area contributed by atoms with E-state index in [0.717, 1.165) is 25.6 Å². The Kier molecular flexibility index (Phi) is 29.9. The standard InChI is InChI=1S/C25H33ClN3O12PS.C11H16NO7P.C8H7ClO2S.C5H10N2O/c1-28(12-13-29(2)25(32)38-16-17-43(34,35)22-10-6-20(26)7-11-22)24(31)37-14-15-40-42(33,36-3)41-21-8-4-19(5-9-21)18-39-23(27)30;1-16-20(15,18-7-6-13)19-10-4-2-9(3-5-10)8-17-11(12)14;1-2-12(10,11)8-5-3-7(9)4-6-8;1-6-3-4-7(2)5(6)8/h4-11H,12-18H2,1-3H3,(H2,27,30);2-5,13H,6-8H2,1H3,(H2,12,14);2-6H,1H2;3-4H2,1-2H3/i/hD2. The third kappa shape index (κ3) is 28.0. The molecule has 2 atom stereocenters. The Balaban J connectivity index is 0.000000486. The van der Waals surface area contributed by atoms with Gasteiger partial charge >= 0.3 is 46.0 Å². The van der Waals surface area contributed by atoms with Crippen LogP contribution in [0.3, 0.4) is 0 Å². The number of nitrogens with two attached hydrogens (primary N) is 2. The van der Waals surface area contributed by atoms with E-state index in [4.69, 9.17) is 68.0 Å². The SMILES string of the molecule is C=CS(=O)(=O)c1ccc(Cl)cc1.CN1CCN(C)C1=O.[2H]NC(=O)OCc1ccc(OP(=O)(OC)OCCO)cc1.[2H]NC(=O)OCc1ccc(OP(=O)(OC)OCCOC(=O)N(C)CCN(C)C(=O)OCCS(=O)(=O)c2ccc(Cl)cc2)cc1. The van der Waals surface area contributed by atoms with Gasteiger partial charge < -0.3 is 64.2 Å². The number of carbonyl (C=O) groups is 5. The molecule has 1 aliphatic rings. The molecule has 5 rings (SSSR count). The first-order chi connectivity index (χ1) is 40.1. The van der Waals surface area contributed by atoms with Crippen LogP contribution in [0.2, 0.25) is 12.9 Å². The molecule has 0 spiro atoms. The van der Waals surface area contributed by atoms with Crippen molar-refractivity contribution in [2.24, 2.45) is 11.5 Å². The molecule has 1 heterocycles. The highest BCUT2D eigenvalue weighted by Gasteiger charge is 2.28. The second-order valence-corrected chi connectivity index (χ2v) is 24.7. The highest BCUT2D eigenvalue weighted by Crippen LogP contribution is 2.49. The number of urea groups is 1. The van der Waals surface area contributed by atoms with E-state index in [9.17, 15) is 49.9 Å². The number of nitrogens with zero attached hydrogens (tertiary/aromatic N) is 4. The van der Waals surface area contributed by atoms with Gasteiger partial charge in [0.25, 0.3) is 0 Å². The van der Waals surface area contributed by atoms with Crippen LogP contribution in [-0.2, 0) is 79.1 Å². The molecule has 4 aromatic carbocycles. The molecular weight excluding hydrogens is 1220 g/mol. The van der Waals surface area contributed by atoms with Gasteiger partial charge in [0.15, 0.2) is 22.5 Å². The average molecular weight is 1290 g/mol. The van der Waals surface area contributed by atoms with Gasteiger partial charge in [0.1, 0.15) is 37.9 Å². The lowest BCUT2D eigenvalue weighted by molar-refractivity contribution is 0.0807. The van der Waals surface area contributed by atoms with E-state index in [-0.39, 0.29) is 86.7 Å². The first-order valence-electron chi connectivity index (χ1n) is 24.9. The molecule has 0 saturated carbocycles. The van der Waals surface area contributed by atoms with Gasteiger partial charge in [-0.15, -0.1) is 0 Å². The normalized spacial score (nSPS) is 13.5. The van der Waals surface area contributed by atoms with Crippen molar-refractivity contribution in [3.8, 4) is 11.5 Å². The summed E-state index contributed by atoms with van der Waals surface area (Å²) in [5, 5.41) is 10.5. The first-order valence-corrected chi connectivity index (χ1v) is 30.8. The van der Waals surface area contributed by atoms with E-state index in [0.29, 0.717) is 21.2 Å². The molecule has 1 fully saturated rings. The van der Waals surface area contributed by atoms with Gasteiger partial charge in [-0.1, -0.05) is 54.0 Å². The van der Waals surface area contributed by atoms with Crippen molar-refractivity contribution in [1.82, 2.24) is 19.6 Å². The molecule has 28 nitrogen and oxygen atoms in total. The van der Waals surface area contributed by atoms with Crippen molar-refractivity contribution in [1.29, 1.82) is 0 Å². The molecule has 34 heteroatoms. The van der Waals surface area contributed by atoms with Crippen LogP contribution in [0, 0.1) is 0 Å². The Morgan fingerprint density at radius 1 is 0.651 bits per heavy atom. The Hall–Kier alpha value is -6.69. The van der Waals surface area contributed by atoms with Gasteiger partial charge in [-0.05, 0) is 83.9 Å². The number of aliphatic hydroxyl groups excluding tert-OH is 1. The van der Waals surface area contributed by atoms with Crippen LogP contribution in [-0.4, -0.2) is 179 Å². The lowest BCUT2D eigenvalue weighted by Gasteiger charge is -2.22. The lowest BCUT2D eigenvalue weighted by atomic mass is 10.2. The summed E-state index contributed by atoms with van der Waals surface area (Å²) >= 11 is 11.4. The fourth-order valence-electron chi connectivity index (χ4n) is 5.72. The molecule has 0 aliphatic carbocycles. The highest BCUT2D eigenvalue weighted by molar-refractivity contribution is 7.94. The van der Waals surface area contributed by atoms with Crippen molar-refractivity contribution in [2.45, 2.75) is 23.0 Å². The second kappa shape index (κ2) is 36.1. The zero-order valence-electron chi connectivity index (χ0n) is 47.8. The molecule has 1 aliphatic heterocycles. The summed E-state index contributed by atoms with van der Waals surface area (Å²) in [5.41, 5.74) is 4.38. The fourth-order valence-corrected chi connectivity index (χ4v) is 9.59. The van der Waals surface area contributed by atoms with Gasteiger partial charge in [0.05, 0.1) is 35.4 Å². The number of phosphoric ester groups is 2. The van der Waals surface area contributed by atoms with Crippen LogP contribution in [0.15, 0.2) is 119 Å². The maximum absolute atomic E-state index is 12.7. The number of likely N-dealkylation sites (N-methyl/N-ethyl adjacent to an activating group) is 4. The summed E-state index contributed by atoms with van der Waals surface area (Å²) in [5.74, 6) is -0.0568. The summed E-state index contributed by atoms with van der Waals surface area (Å²) in [6, 6.07) is 23.8. The number of aliphatic hydroxyl groups is 1. The zero-order valence-corrected chi connectivity index (χ0v) is 50.7. The van der Waals surface area contributed by atoms with E-state index in [1.807, 2.05) is 14.1 Å². The van der Waals surface area contributed by atoms with Crippen molar-refractivity contribution >= 4 is 88.9 Å². The third-order valence-corrected chi connectivity index (χ3v) is 16.6. The predicted molar refractivity (Wildman–Crippen MR) is 302 cm³/mol. The van der Waals surface area contributed by atoms with Crippen LogP contribution < -0.4 is 20.5 Å². The molecule has 0 radical (unpaired) electrons. The van der Waals surface area contributed by atoms with Crippen LogP contribution in [0.5, 0.6) is 11.5 Å². The number of phosphoric acid groups is 2. The van der Waals surface area contributed by atoms with Crippen molar-refractivity contribution in [3.63, 3.8) is 0 Å². The van der Waals surface area contributed by atoms with Gasteiger partial charge in [0, 0.05) is 84.0 Å². The number of carbonyl (C=O) groups excluding carboxylic acids is 5. The Labute approximate surface area is 493 Å². The molecule has 0 aromatic heterocycles. The van der Waals surface area contributed by atoms with Gasteiger partial charge in [-0.3, -0.25) is 18.1 Å². The van der Waals surface area contributed by atoms with Crippen LogP contribution >= 0.6 is 38.8 Å². The maximum atomic E-state index is 12.7. The van der Waals surface area contributed by atoms with E-state index < -0.39 is 65.4 Å². The maximum Gasteiger partial charge on any atom is 0.529 e. The van der Waals surface area contributed by atoms with E-state index in [1.54, 1.807) is 33.4 Å². The summed E-state index contributed by atoms with van der Waals surface area (Å²) in [6.45, 7) is 3.46. The number of halogens is 2. The molecule has 83 heavy (non-hydrogen) atoms. The van der Waals surface area contributed by atoms with Gasteiger partial charge in [-0.25, -0.2) is 49.9 Å². The Bertz CT molecular complexity index is 3080. The monoisotopic (exact) mass is 1290 g/mol. The zero-order chi connectivity index (χ0) is 63.8. The minimum Gasteiger partial charge on any atom is -0.448 e. The predicted octanol–water partition coefficient (Wildman–Crippen LogP) is 7.36. The Morgan fingerprint density at radius 3 is 1.41 bits per heavy atom. The fraction of sp³-hybridized carbons (Fsp3) is 0.367.